The summed E-state index contributed by atoms with van der Waals surface area (Å²) < 4.78 is 24.7. The van der Waals surface area contributed by atoms with Gasteiger partial charge in [-0.05, 0) is 23.4 Å². The van der Waals surface area contributed by atoms with Crippen LogP contribution in [0.2, 0.25) is 0 Å². The summed E-state index contributed by atoms with van der Waals surface area (Å²) in [5.74, 6) is 0. The van der Waals surface area contributed by atoms with E-state index in [9.17, 15) is 8.42 Å². The van der Waals surface area contributed by atoms with E-state index in [0.29, 0.717) is 13.1 Å². The van der Waals surface area contributed by atoms with Crippen LogP contribution in [-0.4, -0.2) is 23.9 Å². The Kier molecular flexibility index (Phi) is 2.97. The minimum absolute atomic E-state index is 0.0134. The quantitative estimate of drug-likeness (QED) is 0.780. The van der Waals surface area contributed by atoms with Crippen LogP contribution >= 0.6 is 27.3 Å². The van der Waals surface area contributed by atoms with Crippen molar-refractivity contribution in [3.8, 4) is 0 Å². The first-order valence-electron chi connectivity index (χ1n) is 4.22. The fourth-order valence-corrected chi connectivity index (χ4v) is 4.13. The second-order valence-corrected chi connectivity index (χ2v) is 7.45. The summed E-state index contributed by atoms with van der Waals surface area (Å²) in [6.07, 6.45) is 0.846. The molecule has 0 unspecified atom stereocenters. The smallest absolute Gasteiger partial charge is 0.211 e. The van der Waals surface area contributed by atoms with E-state index < -0.39 is 10.0 Å². The number of hydrogen-bond donors (Lipinski definition) is 0. The molecule has 2 rings (SSSR count). The van der Waals surface area contributed by atoms with Crippen molar-refractivity contribution in [2.24, 2.45) is 0 Å². The normalized spacial score (nSPS) is 18.1. The lowest BCUT2D eigenvalue weighted by Crippen LogP contribution is -2.35. The van der Waals surface area contributed by atoms with Gasteiger partial charge in [-0.3, -0.25) is 0 Å². The van der Waals surface area contributed by atoms with Gasteiger partial charge in [0.15, 0.2) is 0 Å². The molecule has 1 aromatic heterocycles. The molecule has 1 aromatic rings. The molecule has 0 spiro atoms. The predicted octanol–water partition coefficient (Wildman–Crippen LogP) is 1.79. The molecule has 0 saturated carbocycles. The summed E-state index contributed by atoms with van der Waals surface area (Å²) in [5, 5.41) is 2.02. The van der Waals surface area contributed by atoms with Crippen LogP contribution in [0, 0.1) is 0 Å². The van der Waals surface area contributed by atoms with E-state index in [1.54, 1.807) is 11.3 Å². The van der Waals surface area contributed by atoms with Crippen molar-refractivity contribution in [1.29, 1.82) is 0 Å². The average molecular weight is 296 g/mol. The van der Waals surface area contributed by atoms with E-state index in [1.165, 1.54) is 9.18 Å². The van der Waals surface area contributed by atoms with Crippen LogP contribution in [0.4, 0.5) is 0 Å². The monoisotopic (exact) mass is 295 g/mol. The summed E-state index contributed by atoms with van der Waals surface area (Å²) in [6.45, 7) is 1.15. The van der Waals surface area contributed by atoms with E-state index >= 15 is 0 Å². The standard InChI is InChI=1S/C8H10BrNO2S2/c9-6-14(11,12)10-3-1-8-7(5-10)2-4-13-8/h2,4H,1,3,5-6H2. The molecule has 0 fully saturated rings. The van der Waals surface area contributed by atoms with Gasteiger partial charge < -0.3 is 0 Å². The average Bonchev–Trinajstić information content (AvgIpc) is 2.64. The SMILES string of the molecule is O=S(=O)(CBr)N1CCc2sccc2C1. The van der Waals surface area contributed by atoms with E-state index in [4.69, 9.17) is 0 Å². The third kappa shape index (κ3) is 1.88. The lowest BCUT2D eigenvalue weighted by atomic mass is 10.1. The summed E-state index contributed by atoms with van der Waals surface area (Å²) in [7, 11) is -3.09. The maximum Gasteiger partial charge on any atom is 0.224 e. The van der Waals surface area contributed by atoms with E-state index in [1.807, 2.05) is 11.4 Å². The lowest BCUT2D eigenvalue weighted by molar-refractivity contribution is 0.397. The minimum atomic E-state index is -3.09. The Morgan fingerprint density at radius 2 is 2.36 bits per heavy atom. The summed E-state index contributed by atoms with van der Waals surface area (Å²) >= 11 is 4.72. The molecule has 0 amide bonds. The molecule has 1 aliphatic rings. The highest BCUT2D eigenvalue weighted by atomic mass is 79.9. The fraction of sp³-hybridized carbons (Fsp3) is 0.500. The van der Waals surface area contributed by atoms with Crippen molar-refractivity contribution in [1.82, 2.24) is 4.31 Å². The first kappa shape index (κ1) is 10.6. The van der Waals surface area contributed by atoms with Gasteiger partial charge in [0.05, 0.1) is 0 Å². The summed E-state index contributed by atoms with van der Waals surface area (Å²) in [6, 6.07) is 2.01. The maximum absolute atomic E-state index is 11.6. The highest BCUT2D eigenvalue weighted by Crippen LogP contribution is 2.25. The van der Waals surface area contributed by atoms with Gasteiger partial charge in [-0.2, -0.15) is 4.31 Å². The van der Waals surface area contributed by atoms with Gasteiger partial charge in [0.25, 0.3) is 0 Å². The Hall–Kier alpha value is 0.0900. The Labute approximate surface area is 95.9 Å². The molecular weight excluding hydrogens is 286 g/mol. The highest BCUT2D eigenvalue weighted by molar-refractivity contribution is 9.10. The molecule has 0 N–H and O–H groups in total. The third-order valence-corrected chi connectivity index (χ3v) is 6.44. The zero-order valence-corrected chi connectivity index (χ0v) is 10.7. The molecular formula is C8H10BrNO2S2. The van der Waals surface area contributed by atoms with E-state index in [0.717, 1.165) is 12.0 Å². The van der Waals surface area contributed by atoms with Crippen molar-refractivity contribution in [2.75, 3.05) is 11.2 Å². The van der Waals surface area contributed by atoms with Gasteiger partial charge in [-0.15, -0.1) is 11.3 Å². The second-order valence-electron chi connectivity index (χ2n) is 3.17. The van der Waals surface area contributed by atoms with Gasteiger partial charge in [0.2, 0.25) is 10.0 Å². The molecule has 78 valence electrons. The maximum atomic E-state index is 11.6. The highest BCUT2D eigenvalue weighted by Gasteiger charge is 2.25. The first-order valence-corrected chi connectivity index (χ1v) is 7.83. The molecule has 14 heavy (non-hydrogen) atoms. The molecule has 0 aromatic carbocycles. The first-order chi connectivity index (χ1) is 6.63. The number of rotatable bonds is 2. The molecule has 6 heteroatoms. The Bertz CT molecular complexity index is 426. The van der Waals surface area contributed by atoms with Gasteiger partial charge >= 0.3 is 0 Å². The molecule has 0 aliphatic carbocycles. The number of hydrogen-bond acceptors (Lipinski definition) is 3. The zero-order valence-electron chi connectivity index (χ0n) is 7.44. The van der Waals surface area contributed by atoms with Gasteiger partial charge in [0, 0.05) is 18.0 Å². The third-order valence-electron chi connectivity index (χ3n) is 2.30. The predicted molar refractivity (Wildman–Crippen MR) is 61.1 cm³/mol. The second kappa shape index (κ2) is 3.92. The minimum Gasteiger partial charge on any atom is -0.211 e. The molecule has 0 bridgehead atoms. The van der Waals surface area contributed by atoms with Crippen LogP contribution in [0.25, 0.3) is 0 Å². The summed E-state index contributed by atoms with van der Waals surface area (Å²) in [4.78, 5) is 1.33. The van der Waals surface area contributed by atoms with E-state index in [2.05, 4.69) is 15.9 Å². The number of fused-ring (bicyclic) bond motifs is 1. The van der Waals surface area contributed by atoms with Crippen molar-refractivity contribution in [2.45, 2.75) is 13.0 Å². The van der Waals surface area contributed by atoms with Crippen molar-refractivity contribution >= 4 is 37.3 Å². The Balaban J connectivity index is 2.23. The number of halogens is 1. The number of sulfonamides is 1. The van der Waals surface area contributed by atoms with Crippen LogP contribution < -0.4 is 0 Å². The van der Waals surface area contributed by atoms with Crippen molar-refractivity contribution in [3.05, 3.63) is 21.9 Å². The van der Waals surface area contributed by atoms with Crippen molar-refractivity contribution < 1.29 is 8.42 Å². The van der Waals surface area contributed by atoms with E-state index in [-0.39, 0.29) is 4.66 Å². The molecule has 0 atom stereocenters. The van der Waals surface area contributed by atoms with Gasteiger partial charge in [-0.1, -0.05) is 15.9 Å². The van der Waals surface area contributed by atoms with Crippen LogP contribution in [0.5, 0.6) is 0 Å². The molecule has 3 nitrogen and oxygen atoms in total. The molecule has 0 radical (unpaired) electrons. The number of alkyl halides is 1. The number of thiophene rings is 1. The zero-order chi connectivity index (χ0) is 10.2. The Morgan fingerprint density at radius 3 is 3.07 bits per heavy atom. The lowest BCUT2D eigenvalue weighted by Gasteiger charge is -2.25. The van der Waals surface area contributed by atoms with Crippen molar-refractivity contribution in [3.63, 3.8) is 0 Å². The Morgan fingerprint density at radius 1 is 1.57 bits per heavy atom. The summed E-state index contributed by atoms with van der Waals surface area (Å²) in [5.41, 5.74) is 1.16. The largest absolute Gasteiger partial charge is 0.224 e. The number of nitrogens with zero attached hydrogens (tertiary/aromatic N) is 1. The fourth-order valence-electron chi connectivity index (χ4n) is 1.53. The van der Waals surface area contributed by atoms with Gasteiger partial charge in [-0.25, -0.2) is 8.42 Å². The molecule has 2 heterocycles. The molecule has 0 saturated heterocycles. The van der Waals surface area contributed by atoms with Crippen LogP contribution in [0.1, 0.15) is 10.4 Å². The van der Waals surface area contributed by atoms with Crippen LogP contribution in [-0.2, 0) is 23.0 Å². The van der Waals surface area contributed by atoms with Crippen LogP contribution in [0.15, 0.2) is 11.4 Å². The van der Waals surface area contributed by atoms with Gasteiger partial charge in [0.1, 0.15) is 4.66 Å². The van der Waals surface area contributed by atoms with Crippen LogP contribution in [0.3, 0.4) is 0 Å². The topological polar surface area (TPSA) is 37.4 Å². The molecule has 1 aliphatic heterocycles.